The molecule has 2 N–H and O–H groups in total. The van der Waals surface area contributed by atoms with Gasteiger partial charge in [-0.25, -0.2) is 9.69 Å². The largest absolute Gasteiger partial charge is 0.748 e. The Morgan fingerprint density at radius 2 is 1.82 bits per heavy atom. The first kappa shape index (κ1) is 18.9. The summed E-state index contributed by atoms with van der Waals surface area (Å²) in [6, 6.07) is 0. The Morgan fingerprint density at radius 3 is 1.94 bits per heavy atom. The van der Waals surface area contributed by atoms with Gasteiger partial charge in [0.2, 0.25) is 5.91 Å². The van der Waals surface area contributed by atoms with E-state index >= 15 is 0 Å². The second-order valence-corrected chi connectivity index (χ2v) is 4.04. The number of nitrogens with one attached hydrogen (secondary N) is 2. The van der Waals surface area contributed by atoms with E-state index in [0.717, 1.165) is 6.92 Å². The molecule has 1 atom stereocenters. The number of carbonyl (C=O) groups is 1. The summed E-state index contributed by atoms with van der Waals surface area (Å²) < 4.78 is 22.6. The Kier molecular flexibility index (Phi) is 17.2. The zero-order chi connectivity index (χ0) is 13.5. The van der Waals surface area contributed by atoms with Crippen LogP contribution in [-0.2, 0) is 20.4 Å². The zero-order valence-electron chi connectivity index (χ0n) is 10.8. The summed E-state index contributed by atoms with van der Waals surface area (Å²) in [5.41, 5.74) is 1.59. The number of rotatable bonds is 2. The van der Waals surface area contributed by atoms with Crippen molar-refractivity contribution in [2.24, 2.45) is 0 Å². The van der Waals surface area contributed by atoms with Crippen LogP contribution in [-0.4, -0.2) is 27.8 Å². The van der Waals surface area contributed by atoms with Crippen molar-refractivity contribution in [2.45, 2.75) is 46.5 Å². The minimum absolute atomic E-state index is 0.561. The summed E-state index contributed by atoms with van der Waals surface area (Å²) in [6.45, 7) is 7.88. The van der Waals surface area contributed by atoms with E-state index in [1.54, 1.807) is 5.48 Å². The monoisotopic (exact) mass is 267 g/mol. The lowest BCUT2D eigenvalue weighted by Gasteiger charge is -2.08. The van der Waals surface area contributed by atoms with Gasteiger partial charge in [0.15, 0.2) is 0 Å². The van der Waals surface area contributed by atoms with Crippen LogP contribution >= 0.6 is 0 Å². The van der Waals surface area contributed by atoms with E-state index in [9.17, 15) is 13.6 Å². The summed E-state index contributed by atoms with van der Waals surface area (Å²) >= 11 is -2.67. The van der Waals surface area contributed by atoms with Crippen LogP contribution < -0.4 is 10.8 Å². The highest BCUT2D eigenvalue weighted by molar-refractivity contribution is 7.74. The highest BCUT2D eigenvalue weighted by Gasteiger charge is 1.93. The van der Waals surface area contributed by atoms with Gasteiger partial charge in [-0.3, -0.25) is 4.79 Å². The molecule has 1 amide bonds. The second kappa shape index (κ2) is 15.5. The lowest BCUT2D eigenvalue weighted by Crippen LogP contribution is -2.21. The van der Waals surface area contributed by atoms with Gasteiger partial charge in [-0.15, -0.1) is 0 Å². The maximum atomic E-state index is 9.84. The molecule has 17 heavy (non-hydrogen) atoms. The second-order valence-electron chi connectivity index (χ2n) is 3.46. The average molecular weight is 267 g/mol. The number of hydrogen-bond donors (Lipinski definition) is 2. The Morgan fingerprint density at radius 1 is 1.35 bits per heavy atom. The normalized spacial score (nSPS) is 15.5. The van der Waals surface area contributed by atoms with Gasteiger partial charge in [-0.2, -0.15) is 4.28 Å². The minimum atomic E-state index is -2.67. The van der Waals surface area contributed by atoms with Crippen LogP contribution in [0.1, 0.15) is 46.5 Å². The summed E-state index contributed by atoms with van der Waals surface area (Å²) in [5, 5.41) is 3.28. The molecule has 0 aromatic rings. The highest BCUT2D eigenvalue weighted by atomic mass is 32.2. The smallest absolute Gasteiger partial charge is 0.241 e. The van der Waals surface area contributed by atoms with Crippen molar-refractivity contribution in [2.75, 3.05) is 13.1 Å². The molecular formula is C10H23N2O4S-. The van der Waals surface area contributed by atoms with Crippen LogP contribution in [0.5, 0.6) is 0 Å². The number of hydrogen-bond acceptors (Lipinski definition) is 5. The summed E-state index contributed by atoms with van der Waals surface area (Å²) in [6.07, 6.45) is 5.47. The molecular weight excluding hydrogens is 244 g/mol. The van der Waals surface area contributed by atoms with Crippen molar-refractivity contribution in [3.8, 4) is 0 Å². The Balaban J connectivity index is 0. The van der Waals surface area contributed by atoms with Crippen molar-refractivity contribution in [1.29, 1.82) is 0 Å². The average Bonchev–Trinajstić information content (AvgIpc) is 2.30. The molecule has 0 radical (unpaired) electrons. The molecule has 0 saturated carbocycles. The van der Waals surface area contributed by atoms with Crippen molar-refractivity contribution >= 4 is 17.3 Å². The van der Waals surface area contributed by atoms with Gasteiger partial charge >= 0.3 is 0 Å². The third kappa shape index (κ3) is 25.6. The van der Waals surface area contributed by atoms with E-state index in [1.807, 2.05) is 0 Å². The van der Waals surface area contributed by atoms with Gasteiger partial charge in [0, 0.05) is 6.92 Å². The summed E-state index contributed by atoms with van der Waals surface area (Å²) in [4.78, 5) is 9.84. The molecule has 0 aromatic heterocycles. The number of piperidine rings is 1. The van der Waals surface area contributed by atoms with Gasteiger partial charge in [0.1, 0.15) is 11.4 Å². The molecule has 1 aliphatic rings. The number of carbonyl (C=O) groups excluding carboxylic acids is 1. The maximum absolute atomic E-state index is 9.84. The van der Waals surface area contributed by atoms with Gasteiger partial charge in [-0.05, 0) is 25.9 Å². The fraction of sp³-hybridized carbons (Fsp3) is 0.900. The van der Waals surface area contributed by atoms with Crippen molar-refractivity contribution < 1.29 is 17.8 Å². The van der Waals surface area contributed by atoms with E-state index in [0.29, 0.717) is 0 Å². The van der Waals surface area contributed by atoms with Crippen molar-refractivity contribution in [1.82, 2.24) is 10.8 Å². The lowest BCUT2D eigenvalue weighted by atomic mass is 10.2. The predicted octanol–water partition coefficient (Wildman–Crippen LogP) is 1.02. The number of hydroxylamine groups is 1. The molecule has 1 aliphatic heterocycles. The van der Waals surface area contributed by atoms with E-state index in [-0.39, 0.29) is 0 Å². The molecule has 0 spiro atoms. The van der Waals surface area contributed by atoms with Crippen molar-refractivity contribution in [3.63, 3.8) is 0 Å². The van der Waals surface area contributed by atoms with E-state index in [2.05, 4.69) is 23.4 Å². The topological polar surface area (TPSA) is 90.5 Å². The molecule has 0 aromatic carbocycles. The fourth-order valence-electron chi connectivity index (χ4n) is 0.894. The van der Waals surface area contributed by atoms with Crippen LogP contribution in [0.4, 0.5) is 0 Å². The van der Waals surface area contributed by atoms with Gasteiger partial charge in [-0.1, -0.05) is 26.7 Å². The van der Waals surface area contributed by atoms with Crippen LogP contribution in [0.15, 0.2) is 0 Å². The minimum Gasteiger partial charge on any atom is -0.748 e. The van der Waals surface area contributed by atoms with E-state index < -0.39 is 17.3 Å². The van der Waals surface area contributed by atoms with Gasteiger partial charge in [0.25, 0.3) is 0 Å². The molecule has 1 fully saturated rings. The predicted molar refractivity (Wildman–Crippen MR) is 66.5 cm³/mol. The molecule has 0 aliphatic carbocycles. The quantitative estimate of drug-likeness (QED) is 0.576. The Labute approximate surface area is 106 Å². The Hall–Kier alpha value is -0.500. The summed E-state index contributed by atoms with van der Waals surface area (Å²) in [7, 11) is 0. The van der Waals surface area contributed by atoms with Crippen LogP contribution in [0.25, 0.3) is 0 Å². The lowest BCUT2D eigenvalue weighted by molar-refractivity contribution is -0.125. The first-order chi connectivity index (χ1) is 8.04. The molecule has 104 valence electrons. The van der Waals surface area contributed by atoms with E-state index in [4.69, 9.17) is 0 Å². The maximum Gasteiger partial charge on any atom is 0.241 e. The van der Waals surface area contributed by atoms with Gasteiger partial charge in [0.05, 0.1) is 0 Å². The van der Waals surface area contributed by atoms with Crippen molar-refractivity contribution in [3.05, 3.63) is 0 Å². The molecule has 1 unspecified atom stereocenters. The zero-order valence-corrected chi connectivity index (χ0v) is 11.6. The summed E-state index contributed by atoms with van der Waals surface area (Å²) in [5.74, 6) is -0.561. The SMILES string of the molecule is C1CCNCC1.CC(=O)NOS(=O)[O-].CCC. The van der Waals surface area contributed by atoms with Crippen LogP contribution in [0.2, 0.25) is 0 Å². The highest BCUT2D eigenvalue weighted by Crippen LogP contribution is 1.96. The molecule has 0 bridgehead atoms. The third-order valence-corrected chi connectivity index (χ3v) is 1.68. The fourth-order valence-corrected chi connectivity index (χ4v) is 1.08. The first-order valence-electron chi connectivity index (χ1n) is 5.78. The first-order valence-corrected chi connectivity index (χ1v) is 6.78. The van der Waals surface area contributed by atoms with E-state index in [1.165, 1.54) is 38.8 Å². The molecule has 6 nitrogen and oxygen atoms in total. The van der Waals surface area contributed by atoms with Crippen LogP contribution in [0.3, 0.4) is 0 Å². The molecule has 1 saturated heterocycles. The third-order valence-electron chi connectivity index (χ3n) is 1.46. The van der Waals surface area contributed by atoms with Gasteiger partial charge < -0.3 is 9.87 Å². The Bertz CT molecular complexity index is 173. The standard InChI is InChI=1S/C5H11N.C3H8.C2H5NO4S/c1-2-4-6-5-3-1;1-3-2;1-2(4)3-7-8(5)6/h6H,1-5H2;3H2,1-2H3;1H3,(H,3,4)(H,5,6)/p-1. The molecule has 1 heterocycles. The van der Waals surface area contributed by atoms with Crippen LogP contribution in [0, 0.1) is 0 Å². The number of amides is 1. The molecule has 1 rings (SSSR count). The molecule has 7 heteroatoms.